The smallest absolute Gasteiger partial charge is 0.242 e. The van der Waals surface area contributed by atoms with Crippen molar-refractivity contribution in [2.24, 2.45) is 0 Å². The Balaban J connectivity index is 2.12. The zero-order valence-electron chi connectivity index (χ0n) is 11.9. The molecule has 0 radical (unpaired) electrons. The molecule has 0 aliphatic heterocycles. The molecule has 0 spiro atoms. The topological polar surface area (TPSA) is 67.4 Å². The van der Waals surface area contributed by atoms with Crippen molar-refractivity contribution in [2.75, 3.05) is 14.2 Å². The molecule has 0 unspecified atom stereocenters. The van der Waals surface area contributed by atoms with Gasteiger partial charge in [0.2, 0.25) is 10.0 Å². The molecule has 1 heterocycles. The van der Waals surface area contributed by atoms with E-state index in [4.69, 9.17) is 4.74 Å². The van der Waals surface area contributed by atoms with Crippen molar-refractivity contribution >= 4 is 21.4 Å². The number of hydrogen-bond donors (Lipinski definition) is 2. The maximum Gasteiger partial charge on any atom is 0.242 e. The van der Waals surface area contributed by atoms with Crippen LogP contribution in [0.5, 0.6) is 5.75 Å². The summed E-state index contributed by atoms with van der Waals surface area (Å²) in [6.45, 7) is 0.765. The van der Waals surface area contributed by atoms with E-state index in [0.29, 0.717) is 17.2 Å². The van der Waals surface area contributed by atoms with Gasteiger partial charge in [-0.15, -0.1) is 11.3 Å². The maximum absolute atomic E-state index is 12.4. The van der Waals surface area contributed by atoms with E-state index in [0.717, 1.165) is 10.4 Å². The van der Waals surface area contributed by atoms with E-state index in [2.05, 4.69) is 10.0 Å². The average molecular weight is 326 g/mol. The number of rotatable bonds is 7. The molecule has 0 atom stereocenters. The Morgan fingerprint density at radius 2 is 2.05 bits per heavy atom. The zero-order valence-corrected chi connectivity index (χ0v) is 13.6. The SMILES string of the molecule is CNCc1sccc1S(=O)(=O)NCc1cccc(OC)c1. The molecule has 0 saturated carbocycles. The van der Waals surface area contributed by atoms with Crippen LogP contribution in [0.3, 0.4) is 0 Å². The highest BCUT2D eigenvalue weighted by Crippen LogP contribution is 2.22. The Morgan fingerprint density at radius 3 is 2.76 bits per heavy atom. The van der Waals surface area contributed by atoms with E-state index in [1.165, 1.54) is 11.3 Å². The summed E-state index contributed by atoms with van der Waals surface area (Å²) >= 11 is 1.43. The van der Waals surface area contributed by atoms with Crippen molar-refractivity contribution in [2.45, 2.75) is 18.0 Å². The van der Waals surface area contributed by atoms with Crippen LogP contribution in [0.25, 0.3) is 0 Å². The quantitative estimate of drug-likeness (QED) is 0.816. The first-order chi connectivity index (χ1) is 10.1. The highest BCUT2D eigenvalue weighted by atomic mass is 32.2. The van der Waals surface area contributed by atoms with Gasteiger partial charge in [0.15, 0.2) is 0 Å². The van der Waals surface area contributed by atoms with Crippen molar-refractivity contribution in [3.63, 3.8) is 0 Å². The molecule has 0 bridgehead atoms. The summed E-state index contributed by atoms with van der Waals surface area (Å²) in [5.74, 6) is 0.707. The first-order valence-electron chi connectivity index (χ1n) is 6.40. The number of nitrogens with one attached hydrogen (secondary N) is 2. The van der Waals surface area contributed by atoms with Gasteiger partial charge in [-0.1, -0.05) is 12.1 Å². The third kappa shape index (κ3) is 4.04. The van der Waals surface area contributed by atoms with E-state index >= 15 is 0 Å². The monoisotopic (exact) mass is 326 g/mol. The van der Waals surface area contributed by atoms with Crippen LogP contribution in [-0.4, -0.2) is 22.6 Å². The molecule has 2 rings (SSSR count). The van der Waals surface area contributed by atoms with Gasteiger partial charge in [-0.2, -0.15) is 0 Å². The second-order valence-corrected chi connectivity index (χ2v) is 7.15. The van der Waals surface area contributed by atoms with Crippen LogP contribution in [-0.2, 0) is 23.1 Å². The van der Waals surface area contributed by atoms with E-state index in [9.17, 15) is 8.42 Å². The van der Waals surface area contributed by atoms with Crippen LogP contribution in [0.1, 0.15) is 10.4 Å². The Kier molecular flexibility index (Phi) is 5.35. The van der Waals surface area contributed by atoms with Gasteiger partial charge in [0.05, 0.1) is 12.0 Å². The lowest BCUT2D eigenvalue weighted by molar-refractivity contribution is 0.414. The highest BCUT2D eigenvalue weighted by molar-refractivity contribution is 7.89. The second kappa shape index (κ2) is 7.04. The van der Waals surface area contributed by atoms with Gasteiger partial charge in [-0.25, -0.2) is 13.1 Å². The molecule has 0 fully saturated rings. The molecule has 1 aromatic heterocycles. The standard InChI is InChI=1S/C14H18N2O3S2/c1-15-10-13-14(6-7-20-13)21(17,18)16-9-11-4-3-5-12(8-11)19-2/h3-8,15-16H,9-10H2,1-2H3. The van der Waals surface area contributed by atoms with Crippen LogP contribution < -0.4 is 14.8 Å². The van der Waals surface area contributed by atoms with Crippen molar-refractivity contribution < 1.29 is 13.2 Å². The number of ether oxygens (including phenoxy) is 1. The van der Waals surface area contributed by atoms with Gasteiger partial charge >= 0.3 is 0 Å². The molecule has 0 aliphatic rings. The summed E-state index contributed by atoms with van der Waals surface area (Å²) in [7, 11) is -0.134. The minimum absolute atomic E-state index is 0.231. The van der Waals surface area contributed by atoms with Gasteiger partial charge in [-0.05, 0) is 36.2 Å². The molecular weight excluding hydrogens is 308 g/mol. The first kappa shape index (κ1) is 16.0. The van der Waals surface area contributed by atoms with Crippen molar-refractivity contribution in [3.8, 4) is 5.75 Å². The molecule has 2 N–H and O–H groups in total. The lowest BCUT2D eigenvalue weighted by Crippen LogP contribution is -2.24. The fraction of sp³-hybridized carbons (Fsp3) is 0.286. The largest absolute Gasteiger partial charge is 0.497 e. The summed E-state index contributed by atoms with van der Waals surface area (Å²) in [4.78, 5) is 1.14. The van der Waals surface area contributed by atoms with Crippen LogP contribution >= 0.6 is 11.3 Å². The highest BCUT2D eigenvalue weighted by Gasteiger charge is 2.19. The molecule has 114 valence electrons. The molecular formula is C14H18N2O3S2. The predicted molar refractivity (Wildman–Crippen MR) is 84.1 cm³/mol. The zero-order chi connectivity index (χ0) is 15.3. The number of hydrogen-bond acceptors (Lipinski definition) is 5. The molecule has 1 aromatic carbocycles. The molecule has 0 aliphatic carbocycles. The van der Waals surface area contributed by atoms with Crippen molar-refractivity contribution in [3.05, 3.63) is 46.2 Å². The lowest BCUT2D eigenvalue weighted by atomic mass is 10.2. The summed E-state index contributed by atoms with van der Waals surface area (Å²) in [6.07, 6.45) is 0. The van der Waals surface area contributed by atoms with Gasteiger partial charge < -0.3 is 10.1 Å². The maximum atomic E-state index is 12.4. The number of sulfonamides is 1. The average Bonchev–Trinajstić information content (AvgIpc) is 2.95. The summed E-state index contributed by atoms with van der Waals surface area (Å²) in [5.41, 5.74) is 0.850. The van der Waals surface area contributed by atoms with E-state index in [1.807, 2.05) is 24.3 Å². The van der Waals surface area contributed by atoms with E-state index in [-0.39, 0.29) is 6.54 Å². The third-order valence-corrected chi connectivity index (χ3v) is 5.47. The second-order valence-electron chi connectivity index (χ2n) is 4.41. The van der Waals surface area contributed by atoms with Crippen LogP contribution in [0.4, 0.5) is 0 Å². The summed E-state index contributed by atoms with van der Waals surface area (Å²) < 4.78 is 32.5. The predicted octanol–water partition coefficient (Wildman–Crippen LogP) is 1.95. The van der Waals surface area contributed by atoms with Crippen LogP contribution in [0.15, 0.2) is 40.6 Å². The van der Waals surface area contributed by atoms with Gasteiger partial charge in [0.25, 0.3) is 0 Å². The lowest BCUT2D eigenvalue weighted by Gasteiger charge is -2.08. The Bertz CT molecular complexity index is 696. The fourth-order valence-corrected chi connectivity index (χ4v) is 4.37. The summed E-state index contributed by atoms with van der Waals surface area (Å²) in [5, 5.41) is 4.76. The van der Waals surface area contributed by atoms with Gasteiger partial charge in [-0.3, -0.25) is 0 Å². The van der Waals surface area contributed by atoms with Crippen molar-refractivity contribution in [1.82, 2.24) is 10.0 Å². The van der Waals surface area contributed by atoms with Crippen molar-refractivity contribution in [1.29, 1.82) is 0 Å². The fourth-order valence-electron chi connectivity index (χ4n) is 1.90. The molecule has 7 heteroatoms. The molecule has 0 saturated heterocycles. The summed E-state index contributed by atoms with van der Waals surface area (Å²) in [6, 6.07) is 8.95. The molecule has 5 nitrogen and oxygen atoms in total. The Morgan fingerprint density at radius 1 is 1.24 bits per heavy atom. The number of benzene rings is 1. The number of thiophene rings is 1. The Hall–Kier alpha value is -1.41. The van der Waals surface area contributed by atoms with Crippen LogP contribution in [0, 0.1) is 0 Å². The third-order valence-electron chi connectivity index (χ3n) is 2.93. The van der Waals surface area contributed by atoms with Crippen LogP contribution in [0.2, 0.25) is 0 Å². The first-order valence-corrected chi connectivity index (χ1v) is 8.76. The van der Waals surface area contributed by atoms with Gasteiger partial charge in [0.1, 0.15) is 5.75 Å². The Labute approximate surface area is 129 Å². The minimum Gasteiger partial charge on any atom is -0.497 e. The molecule has 2 aromatic rings. The molecule has 21 heavy (non-hydrogen) atoms. The number of methoxy groups -OCH3 is 1. The normalized spacial score (nSPS) is 11.5. The molecule has 0 amide bonds. The minimum atomic E-state index is -3.51. The van der Waals surface area contributed by atoms with E-state index < -0.39 is 10.0 Å². The van der Waals surface area contributed by atoms with E-state index in [1.54, 1.807) is 25.6 Å². The van der Waals surface area contributed by atoms with Gasteiger partial charge in [0, 0.05) is 18.0 Å².